The molecular formula is C11H19N3. The molecule has 14 heavy (non-hydrogen) atoms. The molecule has 1 rings (SSSR count). The minimum absolute atomic E-state index is 0.933. The number of hydrogen-bond donors (Lipinski definition) is 1. The van der Waals surface area contributed by atoms with Crippen LogP contribution in [-0.4, -0.2) is 37.1 Å². The fourth-order valence-electron chi connectivity index (χ4n) is 1.34. The normalized spacial score (nSPS) is 10.6. The molecule has 1 aromatic heterocycles. The summed E-state index contributed by atoms with van der Waals surface area (Å²) >= 11 is 0. The van der Waals surface area contributed by atoms with E-state index in [0.717, 1.165) is 24.6 Å². The molecule has 0 aliphatic carbocycles. The second-order valence-corrected chi connectivity index (χ2v) is 3.90. The highest BCUT2D eigenvalue weighted by Gasteiger charge is 1.96. The topological polar surface area (TPSA) is 28.2 Å². The molecule has 0 amide bonds. The molecule has 0 fully saturated rings. The molecule has 0 aliphatic rings. The van der Waals surface area contributed by atoms with Crippen LogP contribution < -0.4 is 5.32 Å². The highest BCUT2D eigenvalue weighted by Crippen LogP contribution is 2.08. The Labute approximate surface area is 86.2 Å². The van der Waals surface area contributed by atoms with Gasteiger partial charge in [-0.1, -0.05) is 0 Å². The lowest BCUT2D eigenvalue weighted by Gasteiger charge is -2.11. The second-order valence-electron chi connectivity index (χ2n) is 3.90. The van der Waals surface area contributed by atoms with E-state index in [1.54, 1.807) is 0 Å². The molecule has 1 heterocycles. The standard InChI is InChI=1S/C11H19N3/c1-9-7-10(2)13-11(8-9)12-5-6-14(3)4/h7-8H,5-6H2,1-4H3,(H,12,13). The van der Waals surface area contributed by atoms with E-state index in [-0.39, 0.29) is 0 Å². The van der Waals surface area contributed by atoms with Crippen molar-refractivity contribution in [2.24, 2.45) is 0 Å². The fourth-order valence-corrected chi connectivity index (χ4v) is 1.34. The van der Waals surface area contributed by atoms with Gasteiger partial charge < -0.3 is 10.2 Å². The van der Waals surface area contributed by atoms with Gasteiger partial charge in [-0.15, -0.1) is 0 Å². The molecule has 0 aromatic carbocycles. The molecule has 0 spiro atoms. The summed E-state index contributed by atoms with van der Waals surface area (Å²) in [5.74, 6) is 0.976. The van der Waals surface area contributed by atoms with Crippen LogP contribution in [0.3, 0.4) is 0 Å². The van der Waals surface area contributed by atoms with E-state index in [4.69, 9.17) is 0 Å². The maximum Gasteiger partial charge on any atom is 0.126 e. The highest BCUT2D eigenvalue weighted by molar-refractivity contribution is 5.38. The predicted molar refractivity (Wildman–Crippen MR) is 60.8 cm³/mol. The SMILES string of the molecule is Cc1cc(C)nc(NCCN(C)C)c1. The van der Waals surface area contributed by atoms with Crippen molar-refractivity contribution in [1.82, 2.24) is 9.88 Å². The molecule has 0 bridgehead atoms. The molecule has 0 unspecified atom stereocenters. The van der Waals surface area contributed by atoms with Crippen LogP contribution in [0.1, 0.15) is 11.3 Å². The molecule has 1 N–H and O–H groups in total. The van der Waals surface area contributed by atoms with Crippen LogP contribution in [0.5, 0.6) is 0 Å². The van der Waals surface area contributed by atoms with Gasteiger partial charge in [0.05, 0.1) is 0 Å². The van der Waals surface area contributed by atoms with Gasteiger partial charge in [-0.2, -0.15) is 0 Å². The zero-order valence-electron chi connectivity index (χ0n) is 9.46. The maximum absolute atomic E-state index is 4.40. The van der Waals surface area contributed by atoms with E-state index < -0.39 is 0 Å². The van der Waals surface area contributed by atoms with Gasteiger partial charge in [0.2, 0.25) is 0 Å². The number of nitrogens with zero attached hydrogens (tertiary/aromatic N) is 2. The Hall–Kier alpha value is -1.09. The van der Waals surface area contributed by atoms with E-state index >= 15 is 0 Å². The molecule has 0 aliphatic heterocycles. The van der Waals surface area contributed by atoms with Crippen molar-refractivity contribution in [3.63, 3.8) is 0 Å². The van der Waals surface area contributed by atoms with Crippen LogP contribution in [0.15, 0.2) is 12.1 Å². The first kappa shape index (κ1) is 11.0. The smallest absolute Gasteiger partial charge is 0.126 e. The summed E-state index contributed by atoms with van der Waals surface area (Å²) < 4.78 is 0. The molecule has 0 radical (unpaired) electrons. The lowest BCUT2D eigenvalue weighted by molar-refractivity contribution is 0.425. The van der Waals surface area contributed by atoms with Crippen molar-refractivity contribution in [3.8, 4) is 0 Å². The number of anilines is 1. The van der Waals surface area contributed by atoms with Crippen LogP contribution in [-0.2, 0) is 0 Å². The predicted octanol–water partition coefficient (Wildman–Crippen LogP) is 1.67. The van der Waals surface area contributed by atoms with Crippen molar-refractivity contribution < 1.29 is 0 Å². The maximum atomic E-state index is 4.40. The van der Waals surface area contributed by atoms with Gasteiger partial charge >= 0.3 is 0 Å². The summed E-state index contributed by atoms with van der Waals surface area (Å²) in [7, 11) is 4.13. The number of pyridine rings is 1. The van der Waals surface area contributed by atoms with Crippen LogP contribution in [0, 0.1) is 13.8 Å². The Morgan fingerprint density at radius 2 is 2.00 bits per heavy atom. The Morgan fingerprint density at radius 1 is 1.29 bits per heavy atom. The molecule has 3 heteroatoms. The van der Waals surface area contributed by atoms with E-state index in [2.05, 4.69) is 48.4 Å². The number of hydrogen-bond acceptors (Lipinski definition) is 3. The monoisotopic (exact) mass is 193 g/mol. The van der Waals surface area contributed by atoms with Crippen LogP contribution in [0.4, 0.5) is 5.82 Å². The zero-order chi connectivity index (χ0) is 10.6. The van der Waals surface area contributed by atoms with Crippen molar-refractivity contribution in [1.29, 1.82) is 0 Å². The van der Waals surface area contributed by atoms with Gasteiger partial charge in [-0.3, -0.25) is 0 Å². The number of likely N-dealkylation sites (N-methyl/N-ethyl adjacent to an activating group) is 1. The third-order valence-electron chi connectivity index (χ3n) is 1.96. The van der Waals surface area contributed by atoms with Gasteiger partial charge in [0.15, 0.2) is 0 Å². The minimum Gasteiger partial charge on any atom is -0.369 e. The third-order valence-corrected chi connectivity index (χ3v) is 1.96. The Balaban J connectivity index is 2.50. The average Bonchev–Trinajstić information content (AvgIpc) is 2.01. The van der Waals surface area contributed by atoms with Crippen molar-refractivity contribution in [2.45, 2.75) is 13.8 Å². The Bertz CT molecular complexity index is 274. The molecular weight excluding hydrogens is 174 g/mol. The first-order valence-electron chi connectivity index (χ1n) is 4.92. The van der Waals surface area contributed by atoms with E-state index in [1.807, 2.05) is 6.92 Å². The first-order chi connectivity index (χ1) is 6.58. The van der Waals surface area contributed by atoms with Gasteiger partial charge in [0, 0.05) is 18.8 Å². The van der Waals surface area contributed by atoms with Crippen LogP contribution in [0.25, 0.3) is 0 Å². The number of aromatic nitrogens is 1. The average molecular weight is 193 g/mol. The van der Waals surface area contributed by atoms with Crippen LogP contribution >= 0.6 is 0 Å². The number of aryl methyl sites for hydroxylation is 2. The first-order valence-corrected chi connectivity index (χ1v) is 4.92. The van der Waals surface area contributed by atoms with Gasteiger partial charge in [-0.25, -0.2) is 4.98 Å². The Kier molecular flexibility index (Phi) is 3.89. The highest BCUT2D eigenvalue weighted by atomic mass is 15.1. The van der Waals surface area contributed by atoms with Gasteiger partial charge in [-0.05, 0) is 45.6 Å². The largest absolute Gasteiger partial charge is 0.369 e. The summed E-state index contributed by atoms with van der Waals surface area (Å²) in [6, 6.07) is 4.15. The summed E-state index contributed by atoms with van der Waals surface area (Å²) in [6.07, 6.45) is 0. The van der Waals surface area contributed by atoms with Crippen molar-refractivity contribution in [3.05, 3.63) is 23.4 Å². The number of nitrogens with one attached hydrogen (secondary N) is 1. The zero-order valence-corrected chi connectivity index (χ0v) is 9.46. The third kappa shape index (κ3) is 3.75. The minimum atomic E-state index is 0.933. The van der Waals surface area contributed by atoms with Gasteiger partial charge in [0.1, 0.15) is 5.82 Å². The second kappa shape index (κ2) is 4.96. The summed E-state index contributed by atoms with van der Waals surface area (Å²) in [5, 5.41) is 3.30. The van der Waals surface area contributed by atoms with Crippen molar-refractivity contribution >= 4 is 5.82 Å². The van der Waals surface area contributed by atoms with Crippen molar-refractivity contribution in [2.75, 3.05) is 32.5 Å². The molecule has 1 aromatic rings. The molecule has 3 nitrogen and oxygen atoms in total. The van der Waals surface area contributed by atoms with E-state index in [0.29, 0.717) is 0 Å². The van der Waals surface area contributed by atoms with E-state index in [9.17, 15) is 0 Å². The molecule has 0 saturated carbocycles. The fraction of sp³-hybridized carbons (Fsp3) is 0.545. The summed E-state index contributed by atoms with van der Waals surface area (Å²) in [5.41, 5.74) is 2.32. The van der Waals surface area contributed by atoms with Gasteiger partial charge in [0.25, 0.3) is 0 Å². The quantitative estimate of drug-likeness (QED) is 0.788. The molecule has 78 valence electrons. The van der Waals surface area contributed by atoms with E-state index in [1.165, 1.54) is 5.56 Å². The van der Waals surface area contributed by atoms with Crippen LogP contribution in [0.2, 0.25) is 0 Å². The molecule has 0 saturated heterocycles. The summed E-state index contributed by atoms with van der Waals surface area (Å²) in [4.78, 5) is 6.55. The lowest BCUT2D eigenvalue weighted by Crippen LogP contribution is -2.21. The lowest BCUT2D eigenvalue weighted by atomic mass is 10.2. The number of rotatable bonds is 4. The summed E-state index contributed by atoms with van der Waals surface area (Å²) in [6.45, 7) is 6.06. The Morgan fingerprint density at radius 3 is 2.57 bits per heavy atom. The molecule has 0 atom stereocenters.